The van der Waals surface area contributed by atoms with E-state index >= 15 is 0 Å². The first-order valence-electron chi connectivity index (χ1n) is 13.5. The molecule has 5 nitrogen and oxygen atoms in total. The summed E-state index contributed by atoms with van der Waals surface area (Å²) in [5.41, 5.74) is 2.65. The standard InChI is InChI=1S/C29H38ClN3O2S2/c1-4-35-25-13-18-36-28(25)29(34)31-14-11-24(12-15-31)32-16-17-33(20(2)19-32)21(3)22-5-7-23(8-6-22)26-9-10-27(30)37-26/h5-9,13,18,20-21,24,27H,4,10-12,14-17,19H2,1-3H3/t20-,21+,27?/m1/s1. The summed E-state index contributed by atoms with van der Waals surface area (Å²) >= 11 is 9.51. The van der Waals surface area contributed by atoms with E-state index in [1.54, 1.807) is 11.8 Å². The number of rotatable bonds is 7. The van der Waals surface area contributed by atoms with Gasteiger partial charge in [-0.3, -0.25) is 14.6 Å². The van der Waals surface area contributed by atoms with Crippen molar-refractivity contribution >= 4 is 45.5 Å². The average Bonchev–Trinajstić information content (AvgIpc) is 3.57. The number of allylic oxidation sites excluding steroid dienone is 1. The van der Waals surface area contributed by atoms with Gasteiger partial charge in [-0.2, -0.15) is 0 Å². The van der Waals surface area contributed by atoms with E-state index in [0.29, 0.717) is 24.7 Å². The molecule has 2 fully saturated rings. The molecule has 4 heterocycles. The Kier molecular flexibility index (Phi) is 8.87. The fourth-order valence-electron chi connectivity index (χ4n) is 5.94. The van der Waals surface area contributed by atoms with Gasteiger partial charge < -0.3 is 9.64 Å². The van der Waals surface area contributed by atoms with Crippen LogP contribution in [0.15, 0.2) is 41.8 Å². The lowest BCUT2D eigenvalue weighted by Gasteiger charge is -2.47. The minimum absolute atomic E-state index is 0.125. The molecule has 3 atom stereocenters. The number of nitrogens with zero attached hydrogens (tertiary/aromatic N) is 3. The average molecular weight is 560 g/mol. The molecule has 2 saturated heterocycles. The fourth-order valence-corrected chi connectivity index (χ4v) is 8.05. The predicted octanol–water partition coefficient (Wildman–Crippen LogP) is 6.56. The van der Waals surface area contributed by atoms with Crippen LogP contribution >= 0.6 is 34.7 Å². The smallest absolute Gasteiger partial charge is 0.267 e. The third kappa shape index (κ3) is 6.06. The minimum Gasteiger partial charge on any atom is -0.492 e. The normalized spacial score (nSPS) is 24.8. The lowest BCUT2D eigenvalue weighted by atomic mass is 9.98. The Morgan fingerprint density at radius 2 is 1.89 bits per heavy atom. The van der Waals surface area contributed by atoms with Crippen molar-refractivity contribution in [2.45, 2.75) is 62.9 Å². The quantitative estimate of drug-likeness (QED) is 0.359. The molecule has 0 saturated carbocycles. The number of carbonyl (C=O) groups excluding carboxylic acids is 1. The highest BCUT2D eigenvalue weighted by Crippen LogP contribution is 2.41. The monoisotopic (exact) mass is 559 g/mol. The van der Waals surface area contributed by atoms with Crippen LogP contribution in [0, 0.1) is 0 Å². The summed E-state index contributed by atoms with van der Waals surface area (Å²) < 4.78 is 5.83. The van der Waals surface area contributed by atoms with Crippen LogP contribution in [-0.4, -0.2) is 76.7 Å². The molecule has 0 aliphatic carbocycles. The van der Waals surface area contributed by atoms with E-state index in [9.17, 15) is 4.79 Å². The summed E-state index contributed by atoms with van der Waals surface area (Å²) in [5, 5.41) is 1.95. The van der Waals surface area contributed by atoms with Gasteiger partial charge in [0.05, 0.1) is 11.3 Å². The number of piperidine rings is 1. The molecular formula is C29H38ClN3O2S2. The number of piperazine rings is 1. The Morgan fingerprint density at radius 1 is 1.14 bits per heavy atom. The van der Waals surface area contributed by atoms with Crippen LogP contribution in [0.3, 0.4) is 0 Å². The summed E-state index contributed by atoms with van der Waals surface area (Å²) in [7, 11) is 0. The van der Waals surface area contributed by atoms with Crippen LogP contribution in [0.5, 0.6) is 5.75 Å². The van der Waals surface area contributed by atoms with Crippen molar-refractivity contribution in [1.82, 2.24) is 14.7 Å². The molecule has 2 aromatic rings. The molecular weight excluding hydrogens is 522 g/mol. The number of amides is 1. The van der Waals surface area contributed by atoms with E-state index < -0.39 is 0 Å². The number of hydrogen-bond donors (Lipinski definition) is 0. The van der Waals surface area contributed by atoms with Crippen molar-refractivity contribution in [2.24, 2.45) is 0 Å². The summed E-state index contributed by atoms with van der Waals surface area (Å²) in [6.07, 6.45) is 5.28. The molecule has 3 aliphatic heterocycles. The summed E-state index contributed by atoms with van der Waals surface area (Å²) in [6.45, 7) is 12.1. The van der Waals surface area contributed by atoms with E-state index in [1.165, 1.54) is 27.4 Å². The number of benzene rings is 1. The van der Waals surface area contributed by atoms with Gasteiger partial charge in [-0.15, -0.1) is 34.7 Å². The second-order valence-corrected chi connectivity index (χ2v) is 13.2. The third-order valence-electron chi connectivity index (χ3n) is 8.02. The molecule has 1 aromatic carbocycles. The van der Waals surface area contributed by atoms with Crippen molar-refractivity contribution in [3.63, 3.8) is 0 Å². The number of carbonyl (C=O) groups is 1. The number of likely N-dealkylation sites (tertiary alicyclic amines) is 1. The molecule has 1 unspecified atom stereocenters. The number of alkyl halides is 1. The van der Waals surface area contributed by atoms with Crippen LogP contribution in [-0.2, 0) is 0 Å². The first kappa shape index (κ1) is 27.1. The highest BCUT2D eigenvalue weighted by Gasteiger charge is 2.34. The van der Waals surface area contributed by atoms with E-state index in [0.717, 1.165) is 62.6 Å². The molecule has 3 aliphatic rings. The fraction of sp³-hybridized carbons (Fsp3) is 0.552. The Balaban J connectivity index is 1.12. The molecule has 0 bridgehead atoms. The van der Waals surface area contributed by atoms with E-state index in [-0.39, 0.29) is 10.6 Å². The molecule has 1 aromatic heterocycles. The maximum Gasteiger partial charge on any atom is 0.267 e. The summed E-state index contributed by atoms with van der Waals surface area (Å²) in [6, 6.07) is 12.4. The molecule has 0 spiro atoms. The van der Waals surface area contributed by atoms with Crippen molar-refractivity contribution in [1.29, 1.82) is 0 Å². The minimum atomic E-state index is 0.125. The molecule has 0 radical (unpaired) electrons. The van der Waals surface area contributed by atoms with Crippen molar-refractivity contribution < 1.29 is 9.53 Å². The molecule has 1 amide bonds. The van der Waals surface area contributed by atoms with Gasteiger partial charge >= 0.3 is 0 Å². The Labute approximate surface area is 234 Å². The SMILES string of the molecule is CCOc1ccsc1C(=O)N1CCC(N2CCN([C@@H](C)c3ccc(C4=CCC(Cl)S4)cc3)[C@H](C)C2)CC1. The van der Waals surface area contributed by atoms with Gasteiger partial charge in [0.15, 0.2) is 0 Å². The second-order valence-electron chi connectivity index (χ2n) is 10.3. The lowest BCUT2D eigenvalue weighted by molar-refractivity contribution is 0.0135. The highest BCUT2D eigenvalue weighted by molar-refractivity contribution is 8.10. The molecule has 37 heavy (non-hydrogen) atoms. The van der Waals surface area contributed by atoms with Crippen molar-refractivity contribution in [2.75, 3.05) is 39.3 Å². The number of hydrogen-bond acceptors (Lipinski definition) is 6. The van der Waals surface area contributed by atoms with Gasteiger partial charge in [0.1, 0.15) is 10.6 Å². The molecule has 0 N–H and O–H groups in total. The van der Waals surface area contributed by atoms with Gasteiger partial charge in [-0.1, -0.05) is 30.3 Å². The predicted molar refractivity (Wildman–Crippen MR) is 157 cm³/mol. The maximum absolute atomic E-state index is 13.1. The molecule has 5 rings (SSSR count). The zero-order chi connectivity index (χ0) is 25.9. The Morgan fingerprint density at radius 3 is 2.54 bits per heavy atom. The van der Waals surface area contributed by atoms with Gasteiger partial charge in [0.25, 0.3) is 5.91 Å². The number of thioether (sulfide) groups is 1. The van der Waals surface area contributed by atoms with Crippen molar-refractivity contribution in [3.05, 3.63) is 57.8 Å². The largest absolute Gasteiger partial charge is 0.492 e. The van der Waals surface area contributed by atoms with E-state index in [1.807, 2.05) is 23.3 Å². The van der Waals surface area contributed by atoms with Gasteiger partial charge in [-0.25, -0.2) is 0 Å². The van der Waals surface area contributed by atoms with Gasteiger partial charge in [0.2, 0.25) is 0 Å². The summed E-state index contributed by atoms with van der Waals surface area (Å²) in [5.74, 6) is 0.854. The van der Waals surface area contributed by atoms with Gasteiger partial charge in [-0.05, 0) is 62.6 Å². The molecule has 200 valence electrons. The Bertz CT molecular complexity index is 1100. The van der Waals surface area contributed by atoms with Crippen LogP contribution in [0.4, 0.5) is 0 Å². The maximum atomic E-state index is 13.1. The van der Waals surface area contributed by atoms with Crippen LogP contribution in [0.2, 0.25) is 0 Å². The molecule has 8 heteroatoms. The first-order valence-corrected chi connectivity index (χ1v) is 15.7. The zero-order valence-electron chi connectivity index (χ0n) is 22.1. The van der Waals surface area contributed by atoms with E-state index in [2.05, 4.69) is 54.0 Å². The topological polar surface area (TPSA) is 36.0 Å². The first-order chi connectivity index (χ1) is 17.9. The zero-order valence-corrected chi connectivity index (χ0v) is 24.5. The second kappa shape index (κ2) is 12.1. The Hall–Kier alpha value is -1.51. The number of halogens is 1. The third-order valence-corrected chi connectivity index (χ3v) is 10.5. The van der Waals surface area contributed by atoms with Crippen LogP contribution < -0.4 is 4.74 Å². The lowest BCUT2D eigenvalue weighted by Crippen LogP contribution is -2.57. The van der Waals surface area contributed by atoms with Crippen LogP contribution in [0.25, 0.3) is 4.91 Å². The van der Waals surface area contributed by atoms with Crippen molar-refractivity contribution in [3.8, 4) is 5.75 Å². The highest BCUT2D eigenvalue weighted by atomic mass is 35.5. The van der Waals surface area contributed by atoms with E-state index in [4.69, 9.17) is 16.3 Å². The van der Waals surface area contributed by atoms with Crippen LogP contribution in [0.1, 0.15) is 66.9 Å². The number of thiophene rings is 1. The number of ether oxygens (including phenoxy) is 1. The van der Waals surface area contributed by atoms with Gasteiger partial charge in [0, 0.05) is 55.8 Å². The summed E-state index contributed by atoms with van der Waals surface area (Å²) in [4.78, 5) is 22.5.